The van der Waals surface area contributed by atoms with Gasteiger partial charge in [0.2, 0.25) is 0 Å². The van der Waals surface area contributed by atoms with E-state index >= 15 is 0 Å². The van der Waals surface area contributed by atoms with Crippen molar-refractivity contribution in [2.45, 2.75) is 6.04 Å². The van der Waals surface area contributed by atoms with Gasteiger partial charge in [-0.25, -0.2) is 4.98 Å². The van der Waals surface area contributed by atoms with E-state index in [1.54, 1.807) is 7.11 Å². The Balaban J connectivity index is 1.33. The number of rotatable bonds is 7. The summed E-state index contributed by atoms with van der Waals surface area (Å²) < 4.78 is 7.85. The standard InChI is InChI=1S/C28H30N4O/c1-33-28-15-9-8-14-26(28)31-18-16-30(17-19-31)21-27(24-12-6-3-7-13-24)32-20-25(29-22-32)23-10-4-2-5-11-23/h2-15,20,22,27H,16-19,21H2,1H3. The molecule has 1 aromatic heterocycles. The first kappa shape index (κ1) is 21.3. The highest BCUT2D eigenvalue weighted by Gasteiger charge is 2.24. The van der Waals surface area contributed by atoms with Crippen molar-refractivity contribution in [2.24, 2.45) is 0 Å². The Bertz CT molecular complexity index is 1150. The van der Waals surface area contributed by atoms with Gasteiger partial charge in [-0.05, 0) is 17.7 Å². The summed E-state index contributed by atoms with van der Waals surface area (Å²) in [5.74, 6) is 0.944. The van der Waals surface area contributed by atoms with Crippen molar-refractivity contribution in [1.29, 1.82) is 0 Å². The zero-order valence-electron chi connectivity index (χ0n) is 19.0. The van der Waals surface area contributed by atoms with Crippen LogP contribution in [0.25, 0.3) is 11.3 Å². The van der Waals surface area contributed by atoms with Crippen LogP contribution in [0.15, 0.2) is 97.5 Å². The van der Waals surface area contributed by atoms with Crippen LogP contribution >= 0.6 is 0 Å². The monoisotopic (exact) mass is 438 g/mol. The van der Waals surface area contributed by atoms with Crippen molar-refractivity contribution in [2.75, 3.05) is 44.7 Å². The summed E-state index contributed by atoms with van der Waals surface area (Å²) in [5.41, 5.74) is 4.65. The highest BCUT2D eigenvalue weighted by molar-refractivity contribution is 5.59. The molecule has 1 aliphatic heterocycles. The second kappa shape index (κ2) is 9.92. The summed E-state index contributed by atoms with van der Waals surface area (Å²) in [6, 6.07) is 29.7. The largest absolute Gasteiger partial charge is 0.495 e. The summed E-state index contributed by atoms with van der Waals surface area (Å²) in [6.07, 6.45) is 4.16. The molecule has 1 saturated heterocycles. The molecule has 5 rings (SSSR count). The Kier molecular flexibility index (Phi) is 6.40. The lowest BCUT2D eigenvalue weighted by Crippen LogP contribution is -2.48. The third kappa shape index (κ3) is 4.78. The van der Waals surface area contributed by atoms with Crippen molar-refractivity contribution >= 4 is 5.69 Å². The van der Waals surface area contributed by atoms with Gasteiger partial charge in [-0.2, -0.15) is 0 Å². The van der Waals surface area contributed by atoms with Gasteiger partial charge in [-0.15, -0.1) is 0 Å². The number of nitrogens with zero attached hydrogens (tertiary/aromatic N) is 4. The van der Waals surface area contributed by atoms with Crippen LogP contribution in [-0.2, 0) is 0 Å². The number of piperazine rings is 1. The van der Waals surface area contributed by atoms with Gasteiger partial charge in [0.1, 0.15) is 5.75 Å². The van der Waals surface area contributed by atoms with Gasteiger partial charge < -0.3 is 14.2 Å². The average Bonchev–Trinajstić information content (AvgIpc) is 3.39. The van der Waals surface area contributed by atoms with Crippen LogP contribution in [0, 0.1) is 0 Å². The molecule has 0 bridgehead atoms. The zero-order valence-corrected chi connectivity index (χ0v) is 19.0. The fourth-order valence-electron chi connectivity index (χ4n) is 4.62. The number of aromatic nitrogens is 2. The maximum Gasteiger partial charge on any atom is 0.142 e. The normalized spacial score (nSPS) is 15.4. The Morgan fingerprint density at radius 2 is 1.48 bits per heavy atom. The predicted octanol–water partition coefficient (Wildman–Crippen LogP) is 4.97. The second-order valence-electron chi connectivity index (χ2n) is 8.46. The van der Waals surface area contributed by atoms with Gasteiger partial charge in [-0.3, -0.25) is 4.90 Å². The second-order valence-corrected chi connectivity index (χ2v) is 8.46. The van der Waals surface area contributed by atoms with E-state index < -0.39 is 0 Å². The summed E-state index contributed by atoms with van der Waals surface area (Å²) in [5, 5.41) is 0. The van der Waals surface area contributed by atoms with Crippen molar-refractivity contribution in [3.63, 3.8) is 0 Å². The molecule has 5 nitrogen and oxygen atoms in total. The summed E-state index contributed by atoms with van der Waals surface area (Å²) in [7, 11) is 1.74. The first-order chi connectivity index (χ1) is 16.3. The van der Waals surface area contributed by atoms with Gasteiger partial charge >= 0.3 is 0 Å². The van der Waals surface area contributed by atoms with E-state index in [9.17, 15) is 0 Å². The zero-order chi connectivity index (χ0) is 22.5. The summed E-state index contributed by atoms with van der Waals surface area (Å²) >= 11 is 0. The SMILES string of the molecule is COc1ccccc1N1CCN(CC(c2ccccc2)n2cnc(-c3ccccc3)c2)CC1. The van der Waals surface area contributed by atoms with E-state index in [1.165, 1.54) is 11.3 Å². The van der Waals surface area contributed by atoms with Crippen LogP contribution in [-0.4, -0.2) is 54.3 Å². The number of ether oxygens (including phenoxy) is 1. The van der Waals surface area contributed by atoms with E-state index in [0.29, 0.717) is 0 Å². The van der Waals surface area contributed by atoms with Gasteiger partial charge in [0.05, 0.1) is 30.9 Å². The van der Waals surface area contributed by atoms with Crippen LogP contribution in [0.2, 0.25) is 0 Å². The molecule has 168 valence electrons. The van der Waals surface area contributed by atoms with E-state index in [0.717, 1.165) is 49.7 Å². The minimum absolute atomic E-state index is 0.217. The quantitative estimate of drug-likeness (QED) is 0.408. The first-order valence-corrected chi connectivity index (χ1v) is 11.6. The molecule has 0 N–H and O–H groups in total. The molecule has 3 aromatic carbocycles. The van der Waals surface area contributed by atoms with Crippen molar-refractivity contribution in [1.82, 2.24) is 14.5 Å². The number of para-hydroxylation sites is 2. The third-order valence-electron chi connectivity index (χ3n) is 6.44. The number of benzene rings is 3. The fraction of sp³-hybridized carbons (Fsp3) is 0.250. The molecule has 0 aliphatic carbocycles. The summed E-state index contributed by atoms with van der Waals surface area (Å²) in [6.45, 7) is 4.96. The number of anilines is 1. The van der Waals surface area contributed by atoms with Crippen molar-refractivity contribution < 1.29 is 4.74 Å². The molecule has 1 atom stereocenters. The first-order valence-electron chi connectivity index (χ1n) is 11.6. The van der Waals surface area contributed by atoms with Crippen molar-refractivity contribution in [3.8, 4) is 17.0 Å². The number of hydrogen-bond acceptors (Lipinski definition) is 4. The molecule has 0 saturated carbocycles. The molecule has 0 spiro atoms. The van der Waals surface area contributed by atoms with E-state index in [1.807, 2.05) is 24.5 Å². The molecule has 1 unspecified atom stereocenters. The minimum Gasteiger partial charge on any atom is -0.495 e. The predicted molar refractivity (Wildman–Crippen MR) is 134 cm³/mol. The molecule has 4 aromatic rings. The highest BCUT2D eigenvalue weighted by atomic mass is 16.5. The lowest BCUT2D eigenvalue weighted by Gasteiger charge is -2.38. The fourth-order valence-corrected chi connectivity index (χ4v) is 4.62. The Morgan fingerprint density at radius 1 is 0.818 bits per heavy atom. The lowest BCUT2D eigenvalue weighted by atomic mass is 10.1. The van der Waals surface area contributed by atoms with Crippen LogP contribution in [0.5, 0.6) is 5.75 Å². The summed E-state index contributed by atoms with van der Waals surface area (Å²) in [4.78, 5) is 9.71. The van der Waals surface area contributed by atoms with Gasteiger partial charge in [-0.1, -0.05) is 72.8 Å². The highest BCUT2D eigenvalue weighted by Crippen LogP contribution is 2.29. The molecule has 2 heterocycles. The molecule has 0 radical (unpaired) electrons. The Labute approximate surface area is 195 Å². The topological polar surface area (TPSA) is 33.5 Å². The van der Waals surface area contributed by atoms with Crippen LogP contribution in [0.4, 0.5) is 5.69 Å². The minimum atomic E-state index is 0.217. The van der Waals surface area contributed by atoms with Gasteiger partial charge in [0.25, 0.3) is 0 Å². The smallest absolute Gasteiger partial charge is 0.142 e. The molecular formula is C28H30N4O. The Morgan fingerprint density at radius 3 is 2.21 bits per heavy atom. The molecule has 5 heteroatoms. The maximum atomic E-state index is 5.58. The molecule has 1 fully saturated rings. The van der Waals surface area contributed by atoms with E-state index in [2.05, 4.69) is 87.3 Å². The molecule has 0 amide bonds. The van der Waals surface area contributed by atoms with Crippen LogP contribution in [0.1, 0.15) is 11.6 Å². The molecule has 1 aliphatic rings. The van der Waals surface area contributed by atoms with Crippen molar-refractivity contribution in [3.05, 3.63) is 103 Å². The number of imidazole rings is 1. The molecule has 33 heavy (non-hydrogen) atoms. The Hall–Kier alpha value is -3.57. The van der Waals surface area contributed by atoms with Gasteiger partial charge in [0.15, 0.2) is 0 Å². The van der Waals surface area contributed by atoms with Gasteiger partial charge in [0, 0.05) is 44.5 Å². The average molecular weight is 439 g/mol. The third-order valence-corrected chi connectivity index (χ3v) is 6.44. The van der Waals surface area contributed by atoms with E-state index in [4.69, 9.17) is 9.72 Å². The number of methoxy groups -OCH3 is 1. The van der Waals surface area contributed by atoms with Crippen LogP contribution in [0.3, 0.4) is 0 Å². The maximum absolute atomic E-state index is 5.58. The number of hydrogen-bond donors (Lipinski definition) is 0. The lowest BCUT2D eigenvalue weighted by molar-refractivity contribution is 0.232. The van der Waals surface area contributed by atoms with E-state index in [-0.39, 0.29) is 6.04 Å². The molecular weight excluding hydrogens is 408 g/mol. The van der Waals surface area contributed by atoms with Crippen LogP contribution < -0.4 is 9.64 Å².